The molecular weight excluding hydrogens is 180 g/mol. The maximum Gasteiger partial charge on any atom is 0.287 e. The Kier molecular flexibility index (Phi) is 4.83. The molecule has 5 heteroatoms. The maximum absolute atomic E-state index is 12.4. The monoisotopic (exact) mass is 195 g/mol. The fraction of sp³-hybridized carbons (Fsp3) is 0.875. The van der Waals surface area contributed by atoms with Gasteiger partial charge >= 0.3 is 0 Å². The lowest BCUT2D eigenvalue weighted by atomic mass is 10.1. The Balaban J connectivity index is 3.70. The second-order valence-electron chi connectivity index (χ2n) is 3.39. The van der Waals surface area contributed by atoms with Crippen LogP contribution in [0, 0.1) is 5.92 Å². The van der Waals surface area contributed by atoms with E-state index in [1.54, 1.807) is 0 Å². The van der Waals surface area contributed by atoms with E-state index >= 15 is 0 Å². The van der Waals surface area contributed by atoms with Crippen molar-refractivity contribution in [3.05, 3.63) is 0 Å². The zero-order valence-electron chi connectivity index (χ0n) is 7.81. The highest BCUT2D eigenvalue weighted by Gasteiger charge is 2.28. The molecule has 0 aromatic rings. The largest absolute Gasteiger partial charge is 0.390 e. The SMILES string of the molecule is CC(C)CC(=O)NCC(F)(F)CO. The summed E-state index contributed by atoms with van der Waals surface area (Å²) in [4.78, 5) is 10.9. The van der Waals surface area contributed by atoms with Crippen molar-refractivity contribution in [2.24, 2.45) is 5.92 Å². The first-order valence-electron chi connectivity index (χ1n) is 4.13. The summed E-state index contributed by atoms with van der Waals surface area (Å²) in [6.07, 6.45) is 0.224. The van der Waals surface area contributed by atoms with Crippen molar-refractivity contribution >= 4 is 5.91 Å². The first kappa shape index (κ1) is 12.3. The zero-order valence-corrected chi connectivity index (χ0v) is 7.81. The van der Waals surface area contributed by atoms with E-state index in [1.165, 1.54) is 0 Å². The van der Waals surface area contributed by atoms with Crippen molar-refractivity contribution in [1.82, 2.24) is 5.32 Å². The van der Waals surface area contributed by atoms with Crippen LogP contribution in [0.5, 0.6) is 0 Å². The number of alkyl halides is 2. The minimum atomic E-state index is -3.22. The Labute approximate surface area is 76.1 Å². The minimum absolute atomic E-state index is 0.141. The molecule has 0 rings (SSSR count). The Morgan fingerprint density at radius 1 is 1.54 bits per heavy atom. The number of halogens is 2. The van der Waals surface area contributed by atoms with E-state index in [-0.39, 0.29) is 12.3 Å². The van der Waals surface area contributed by atoms with Gasteiger partial charge in [-0.05, 0) is 5.92 Å². The van der Waals surface area contributed by atoms with Crippen molar-refractivity contribution in [2.75, 3.05) is 13.2 Å². The molecular formula is C8H15F2NO2. The van der Waals surface area contributed by atoms with Crippen LogP contribution in [0.25, 0.3) is 0 Å². The van der Waals surface area contributed by atoms with Crippen LogP contribution in [0.15, 0.2) is 0 Å². The molecule has 78 valence electrons. The molecule has 2 N–H and O–H groups in total. The average Bonchev–Trinajstić information content (AvgIpc) is 2.00. The molecule has 0 aliphatic rings. The van der Waals surface area contributed by atoms with Gasteiger partial charge in [0.1, 0.15) is 6.61 Å². The molecule has 0 heterocycles. The highest BCUT2D eigenvalue weighted by molar-refractivity contribution is 5.76. The standard InChI is InChI=1S/C8H15F2NO2/c1-6(2)3-7(13)11-4-8(9,10)5-12/h6,12H,3-5H2,1-2H3,(H,11,13). The normalized spacial score (nSPS) is 11.8. The minimum Gasteiger partial charge on any atom is -0.390 e. The quantitative estimate of drug-likeness (QED) is 0.681. The summed E-state index contributed by atoms with van der Waals surface area (Å²) in [5, 5.41) is 10.2. The number of carbonyl (C=O) groups is 1. The van der Waals surface area contributed by atoms with Gasteiger partial charge < -0.3 is 10.4 Å². The highest BCUT2D eigenvalue weighted by Crippen LogP contribution is 2.10. The van der Waals surface area contributed by atoms with E-state index in [0.717, 1.165) is 0 Å². The van der Waals surface area contributed by atoms with Crippen molar-refractivity contribution in [1.29, 1.82) is 0 Å². The van der Waals surface area contributed by atoms with E-state index < -0.39 is 25.0 Å². The molecule has 0 unspecified atom stereocenters. The number of hydrogen-bond acceptors (Lipinski definition) is 2. The van der Waals surface area contributed by atoms with Crippen molar-refractivity contribution in [3.63, 3.8) is 0 Å². The topological polar surface area (TPSA) is 49.3 Å². The summed E-state index contributed by atoms with van der Waals surface area (Å²) in [5.41, 5.74) is 0. The molecule has 0 aliphatic carbocycles. The molecule has 0 bridgehead atoms. The number of rotatable bonds is 5. The van der Waals surface area contributed by atoms with E-state index in [4.69, 9.17) is 5.11 Å². The number of aliphatic hydroxyl groups excluding tert-OH is 1. The number of amides is 1. The predicted octanol–water partition coefficient (Wildman–Crippen LogP) is 0.776. The first-order chi connectivity index (χ1) is 5.87. The summed E-state index contributed by atoms with van der Waals surface area (Å²) >= 11 is 0. The van der Waals surface area contributed by atoms with Crippen LogP contribution < -0.4 is 5.32 Å². The first-order valence-corrected chi connectivity index (χ1v) is 4.13. The van der Waals surface area contributed by atoms with Crippen LogP contribution in [-0.4, -0.2) is 30.1 Å². The molecule has 0 atom stereocenters. The molecule has 0 fully saturated rings. The Morgan fingerprint density at radius 2 is 2.08 bits per heavy atom. The molecule has 0 aliphatic heterocycles. The number of nitrogens with one attached hydrogen (secondary N) is 1. The summed E-state index contributed by atoms with van der Waals surface area (Å²) in [6.45, 7) is 1.61. The van der Waals surface area contributed by atoms with Crippen LogP contribution in [0.4, 0.5) is 8.78 Å². The van der Waals surface area contributed by atoms with Crippen molar-refractivity contribution in [3.8, 4) is 0 Å². The van der Waals surface area contributed by atoms with Gasteiger partial charge in [-0.3, -0.25) is 4.79 Å². The Morgan fingerprint density at radius 3 is 2.46 bits per heavy atom. The second kappa shape index (κ2) is 5.11. The van der Waals surface area contributed by atoms with Gasteiger partial charge in [0.05, 0.1) is 6.54 Å². The Hall–Kier alpha value is -0.710. The van der Waals surface area contributed by atoms with Gasteiger partial charge in [0.2, 0.25) is 5.91 Å². The summed E-state index contributed by atoms with van der Waals surface area (Å²) in [7, 11) is 0. The second-order valence-corrected chi connectivity index (χ2v) is 3.39. The molecule has 0 aromatic heterocycles. The molecule has 0 aromatic carbocycles. The third-order valence-corrected chi connectivity index (χ3v) is 1.37. The fourth-order valence-electron chi connectivity index (χ4n) is 0.727. The molecule has 0 saturated heterocycles. The molecule has 3 nitrogen and oxygen atoms in total. The van der Waals surface area contributed by atoms with Gasteiger partial charge in [-0.25, -0.2) is 8.78 Å². The maximum atomic E-state index is 12.4. The third kappa shape index (κ3) is 6.45. The summed E-state index contributed by atoms with van der Waals surface area (Å²) < 4.78 is 24.8. The van der Waals surface area contributed by atoms with E-state index in [2.05, 4.69) is 5.32 Å². The van der Waals surface area contributed by atoms with Crippen LogP contribution in [0.3, 0.4) is 0 Å². The molecule has 13 heavy (non-hydrogen) atoms. The average molecular weight is 195 g/mol. The third-order valence-electron chi connectivity index (χ3n) is 1.37. The zero-order chi connectivity index (χ0) is 10.5. The van der Waals surface area contributed by atoms with Crippen LogP contribution in [0.2, 0.25) is 0 Å². The van der Waals surface area contributed by atoms with Gasteiger partial charge in [-0.2, -0.15) is 0 Å². The molecule has 0 spiro atoms. The lowest BCUT2D eigenvalue weighted by Gasteiger charge is -2.14. The Bertz CT molecular complexity index is 172. The summed E-state index contributed by atoms with van der Waals surface area (Å²) in [5.74, 6) is -3.49. The number of aliphatic hydroxyl groups is 1. The molecule has 0 saturated carbocycles. The summed E-state index contributed by atoms with van der Waals surface area (Å²) in [6, 6.07) is 0. The van der Waals surface area contributed by atoms with Crippen LogP contribution in [-0.2, 0) is 4.79 Å². The van der Waals surface area contributed by atoms with Crippen molar-refractivity contribution in [2.45, 2.75) is 26.2 Å². The number of carbonyl (C=O) groups excluding carboxylic acids is 1. The predicted molar refractivity (Wildman–Crippen MR) is 44.5 cm³/mol. The van der Waals surface area contributed by atoms with Crippen molar-refractivity contribution < 1.29 is 18.7 Å². The van der Waals surface area contributed by atoms with Gasteiger partial charge in [0, 0.05) is 6.42 Å². The molecule has 1 amide bonds. The van der Waals surface area contributed by atoms with Gasteiger partial charge in [-0.15, -0.1) is 0 Å². The van der Waals surface area contributed by atoms with E-state index in [1.807, 2.05) is 13.8 Å². The van der Waals surface area contributed by atoms with Gasteiger partial charge in [-0.1, -0.05) is 13.8 Å². The molecule has 0 radical (unpaired) electrons. The van der Waals surface area contributed by atoms with Gasteiger partial charge in [0.15, 0.2) is 0 Å². The number of hydrogen-bond donors (Lipinski definition) is 2. The lowest BCUT2D eigenvalue weighted by Crippen LogP contribution is -2.39. The fourth-order valence-corrected chi connectivity index (χ4v) is 0.727. The van der Waals surface area contributed by atoms with Gasteiger partial charge in [0.25, 0.3) is 5.92 Å². The van der Waals surface area contributed by atoms with E-state index in [9.17, 15) is 13.6 Å². The lowest BCUT2D eigenvalue weighted by molar-refractivity contribution is -0.124. The highest BCUT2D eigenvalue weighted by atomic mass is 19.3. The van der Waals surface area contributed by atoms with Crippen LogP contribution in [0.1, 0.15) is 20.3 Å². The smallest absolute Gasteiger partial charge is 0.287 e. The van der Waals surface area contributed by atoms with E-state index in [0.29, 0.717) is 0 Å². The van der Waals surface area contributed by atoms with Crippen LogP contribution >= 0.6 is 0 Å².